The van der Waals surface area contributed by atoms with E-state index < -0.39 is 9.84 Å². The zero-order valence-corrected chi connectivity index (χ0v) is 12.9. The lowest BCUT2D eigenvalue weighted by molar-refractivity contribution is 0.602. The summed E-state index contributed by atoms with van der Waals surface area (Å²) in [6, 6.07) is 6.65. The predicted molar refractivity (Wildman–Crippen MR) is 79.2 cm³/mol. The molecular weight excluding hydrogens is 342 g/mol. The van der Waals surface area contributed by atoms with Gasteiger partial charge >= 0.3 is 0 Å². The van der Waals surface area contributed by atoms with Gasteiger partial charge in [-0.2, -0.15) is 0 Å². The highest BCUT2D eigenvalue weighted by atomic mass is 79.9. The van der Waals surface area contributed by atoms with Gasteiger partial charge in [0.15, 0.2) is 9.84 Å². The first kappa shape index (κ1) is 13.3. The number of aromatic nitrogens is 3. The summed E-state index contributed by atoms with van der Waals surface area (Å²) in [5.74, 6) is 0.593. The average molecular weight is 352 g/mol. The van der Waals surface area contributed by atoms with Gasteiger partial charge in [-0.15, -0.1) is 0 Å². The van der Waals surface area contributed by atoms with Crippen molar-refractivity contribution in [2.45, 2.75) is 4.90 Å². The lowest BCUT2D eigenvalue weighted by Gasteiger charge is -1.99. The van der Waals surface area contributed by atoms with Crippen molar-refractivity contribution in [3.05, 3.63) is 47.3 Å². The second-order valence-electron chi connectivity index (χ2n) is 4.40. The molecule has 102 valence electrons. The van der Waals surface area contributed by atoms with Crippen LogP contribution in [0.25, 0.3) is 17.0 Å². The Kier molecular flexibility index (Phi) is 3.10. The molecule has 0 amide bonds. The maximum Gasteiger partial charge on any atom is 0.234 e. The highest BCUT2D eigenvalue weighted by Gasteiger charge is 2.09. The molecule has 0 unspecified atom stereocenters. The van der Waals surface area contributed by atoms with Crippen molar-refractivity contribution in [2.75, 3.05) is 6.26 Å². The Labute approximate surface area is 124 Å². The van der Waals surface area contributed by atoms with Gasteiger partial charge in [0.05, 0.1) is 15.1 Å². The quantitative estimate of drug-likeness (QED) is 0.711. The van der Waals surface area contributed by atoms with Crippen molar-refractivity contribution >= 4 is 31.5 Å². The zero-order chi connectivity index (χ0) is 14.3. The van der Waals surface area contributed by atoms with Crippen LogP contribution >= 0.6 is 15.9 Å². The van der Waals surface area contributed by atoms with Crippen LogP contribution in [0, 0.1) is 0 Å². The number of halogens is 1. The molecule has 2 aromatic heterocycles. The molecule has 20 heavy (non-hydrogen) atoms. The highest BCUT2D eigenvalue weighted by Crippen LogP contribution is 2.21. The van der Waals surface area contributed by atoms with E-state index in [0.29, 0.717) is 10.7 Å². The van der Waals surface area contributed by atoms with Crippen LogP contribution in [0.2, 0.25) is 0 Å². The van der Waals surface area contributed by atoms with Gasteiger partial charge in [-0.1, -0.05) is 12.1 Å². The summed E-state index contributed by atoms with van der Waals surface area (Å²) < 4.78 is 25.5. The number of benzene rings is 1. The van der Waals surface area contributed by atoms with E-state index in [-0.39, 0.29) is 0 Å². The Balaban J connectivity index is 2.07. The maximum atomic E-state index is 11.4. The fraction of sp³-hybridized carbons (Fsp3) is 0.0769. The van der Waals surface area contributed by atoms with E-state index in [0.717, 1.165) is 15.7 Å². The van der Waals surface area contributed by atoms with Crippen LogP contribution < -0.4 is 0 Å². The van der Waals surface area contributed by atoms with Crippen molar-refractivity contribution in [1.29, 1.82) is 0 Å². The predicted octanol–water partition coefficient (Wildman–Crippen LogP) is 2.56. The van der Waals surface area contributed by atoms with Gasteiger partial charge < -0.3 is 0 Å². The molecule has 0 aliphatic heterocycles. The fourth-order valence-electron chi connectivity index (χ4n) is 1.87. The molecule has 0 N–H and O–H groups in total. The van der Waals surface area contributed by atoms with Gasteiger partial charge in [0.1, 0.15) is 0 Å². The topological polar surface area (TPSA) is 64.3 Å². The third-order valence-electron chi connectivity index (χ3n) is 2.86. The highest BCUT2D eigenvalue weighted by molar-refractivity contribution is 9.10. The Hall–Kier alpha value is -1.73. The third-order valence-corrected chi connectivity index (χ3v) is 4.39. The number of hydrogen-bond acceptors (Lipinski definition) is 4. The number of rotatable bonds is 2. The summed E-state index contributed by atoms with van der Waals surface area (Å²) in [7, 11) is -3.18. The SMILES string of the molecule is CS(=O)(=O)c1ccc(-c2cn3cc(Br)cnc3n2)cc1. The van der Waals surface area contributed by atoms with Crippen molar-refractivity contribution in [3.8, 4) is 11.3 Å². The van der Waals surface area contributed by atoms with Crippen LogP contribution in [0.5, 0.6) is 0 Å². The molecule has 3 rings (SSSR count). The van der Waals surface area contributed by atoms with E-state index in [4.69, 9.17) is 0 Å². The zero-order valence-electron chi connectivity index (χ0n) is 10.5. The minimum Gasteiger partial charge on any atom is -0.289 e. The van der Waals surface area contributed by atoms with Crippen molar-refractivity contribution in [1.82, 2.24) is 14.4 Å². The van der Waals surface area contributed by atoms with Gasteiger partial charge in [-0.25, -0.2) is 18.4 Å². The monoisotopic (exact) mass is 351 g/mol. The molecule has 0 fully saturated rings. The van der Waals surface area contributed by atoms with Gasteiger partial charge in [-0.05, 0) is 28.1 Å². The second-order valence-corrected chi connectivity index (χ2v) is 7.33. The molecule has 0 saturated carbocycles. The Morgan fingerprint density at radius 1 is 1.15 bits per heavy atom. The van der Waals surface area contributed by atoms with E-state index >= 15 is 0 Å². The van der Waals surface area contributed by atoms with Crippen LogP contribution in [0.15, 0.2) is 52.2 Å². The third kappa shape index (κ3) is 2.46. The number of sulfone groups is 1. The molecule has 0 spiro atoms. The standard InChI is InChI=1S/C13H10BrN3O2S/c1-20(18,19)11-4-2-9(3-5-11)12-8-17-7-10(14)6-15-13(17)16-12/h2-8H,1H3. The van der Waals surface area contributed by atoms with E-state index in [2.05, 4.69) is 25.9 Å². The molecule has 7 heteroatoms. The molecule has 1 aromatic carbocycles. The van der Waals surface area contributed by atoms with E-state index in [1.54, 1.807) is 30.5 Å². The van der Waals surface area contributed by atoms with Crippen molar-refractivity contribution in [3.63, 3.8) is 0 Å². The molecule has 5 nitrogen and oxygen atoms in total. The molecule has 0 bridgehead atoms. The molecule has 3 aromatic rings. The minimum absolute atomic E-state index is 0.297. The molecule has 0 atom stereocenters. The molecule has 0 saturated heterocycles. The van der Waals surface area contributed by atoms with Crippen LogP contribution in [0.4, 0.5) is 0 Å². The summed E-state index contributed by atoms with van der Waals surface area (Å²) in [6.45, 7) is 0. The van der Waals surface area contributed by atoms with E-state index in [9.17, 15) is 8.42 Å². The Morgan fingerprint density at radius 3 is 2.50 bits per heavy atom. The molecule has 0 radical (unpaired) electrons. The van der Waals surface area contributed by atoms with Crippen LogP contribution in [0.3, 0.4) is 0 Å². The maximum absolute atomic E-state index is 11.4. The number of nitrogens with zero attached hydrogens (tertiary/aromatic N) is 3. The van der Waals surface area contributed by atoms with Gasteiger partial charge in [-0.3, -0.25) is 4.40 Å². The van der Waals surface area contributed by atoms with E-state index in [1.807, 2.05) is 16.8 Å². The normalized spacial score (nSPS) is 11.9. The Bertz CT molecular complexity index is 886. The van der Waals surface area contributed by atoms with Crippen molar-refractivity contribution < 1.29 is 8.42 Å². The average Bonchev–Trinajstić information content (AvgIpc) is 2.80. The largest absolute Gasteiger partial charge is 0.289 e. The first-order valence-electron chi connectivity index (χ1n) is 5.74. The number of imidazole rings is 1. The Morgan fingerprint density at radius 2 is 1.85 bits per heavy atom. The molecular formula is C13H10BrN3O2S. The van der Waals surface area contributed by atoms with Gasteiger partial charge in [0, 0.05) is 30.4 Å². The summed E-state index contributed by atoms with van der Waals surface area (Å²) in [4.78, 5) is 8.89. The van der Waals surface area contributed by atoms with Gasteiger partial charge in [0.2, 0.25) is 5.78 Å². The molecule has 2 heterocycles. The van der Waals surface area contributed by atoms with E-state index in [1.165, 1.54) is 6.26 Å². The van der Waals surface area contributed by atoms with Crippen molar-refractivity contribution in [2.24, 2.45) is 0 Å². The first-order valence-corrected chi connectivity index (χ1v) is 8.43. The summed E-state index contributed by atoms with van der Waals surface area (Å²) >= 11 is 3.35. The molecule has 0 aliphatic rings. The number of hydrogen-bond donors (Lipinski definition) is 0. The number of fused-ring (bicyclic) bond motifs is 1. The van der Waals surface area contributed by atoms with Crippen LogP contribution in [-0.4, -0.2) is 29.0 Å². The summed E-state index contributed by atoms with van der Waals surface area (Å²) in [5.41, 5.74) is 1.59. The fourth-order valence-corrected chi connectivity index (χ4v) is 2.83. The minimum atomic E-state index is -3.18. The first-order chi connectivity index (χ1) is 9.43. The van der Waals surface area contributed by atoms with Crippen LogP contribution in [-0.2, 0) is 9.84 Å². The lowest BCUT2D eigenvalue weighted by Crippen LogP contribution is -1.96. The second kappa shape index (κ2) is 4.68. The molecule has 0 aliphatic carbocycles. The van der Waals surface area contributed by atoms with Crippen LogP contribution in [0.1, 0.15) is 0 Å². The van der Waals surface area contributed by atoms with Gasteiger partial charge in [0.25, 0.3) is 0 Å². The smallest absolute Gasteiger partial charge is 0.234 e. The lowest BCUT2D eigenvalue weighted by atomic mass is 10.2. The summed E-state index contributed by atoms with van der Waals surface area (Å²) in [5, 5.41) is 0. The summed E-state index contributed by atoms with van der Waals surface area (Å²) in [6.07, 6.45) is 6.58.